The molecule has 0 bridgehead atoms. The standard InChI is InChI=1S/C11H17NS/c1-12-11(7-3-2-4-8-11)10-6-5-9-13-10/h5-6,9,12H,2-4,7-8H2,1H3. The fourth-order valence-corrected chi connectivity index (χ4v) is 3.32. The SMILES string of the molecule is CNC1(c2cccs2)CCCCC1. The van der Waals surface area contributed by atoms with Gasteiger partial charge in [0, 0.05) is 4.88 Å². The maximum Gasteiger partial charge on any atom is 0.0526 e. The third-order valence-corrected chi connectivity index (χ3v) is 4.25. The third kappa shape index (κ3) is 1.65. The predicted molar refractivity (Wildman–Crippen MR) is 58.1 cm³/mol. The average molecular weight is 195 g/mol. The maximum atomic E-state index is 3.53. The molecular weight excluding hydrogens is 178 g/mol. The van der Waals surface area contributed by atoms with Crippen LogP contribution in [0.3, 0.4) is 0 Å². The van der Waals surface area contributed by atoms with Crippen LogP contribution in [0.1, 0.15) is 37.0 Å². The maximum absolute atomic E-state index is 3.53. The molecule has 1 aliphatic carbocycles. The second kappa shape index (κ2) is 3.81. The molecule has 72 valence electrons. The Hall–Kier alpha value is -0.340. The number of thiophene rings is 1. The minimum absolute atomic E-state index is 0.312. The van der Waals surface area contributed by atoms with Crippen molar-refractivity contribution in [3.63, 3.8) is 0 Å². The summed E-state index contributed by atoms with van der Waals surface area (Å²) in [4.78, 5) is 1.52. The molecule has 0 atom stereocenters. The Bertz CT molecular complexity index is 247. The van der Waals surface area contributed by atoms with E-state index in [1.165, 1.54) is 37.0 Å². The van der Waals surface area contributed by atoms with E-state index in [1.54, 1.807) is 0 Å². The molecule has 1 heterocycles. The summed E-state index contributed by atoms with van der Waals surface area (Å²) in [5.74, 6) is 0. The van der Waals surface area contributed by atoms with Gasteiger partial charge in [-0.15, -0.1) is 11.3 Å². The topological polar surface area (TPSA) is 12.0 Å². The molecule has 0 amide bonds. The highest BCUT2D eigenvalue weighted by atomic mass is 32.1. The molecule has 1 N–H and O–H groups in total. The van der Waals surface area contributed by atoms with E-state index in [4.69, 9.17) is 0 Å². The lowest BCUT2D eigenvalue weighted by Crippen LogP contribution is -2.40. The van der Waals surface area contributed by atoms with Crippen LogP contribution in [0.4, 0.5) is 0 Å². The Balaban J connectivity index is 2.23. The zero-order chi connectivity index (χ0) is 9.15. The quantitative estimate of drug-likeness (QED) is 0.764. The van der Waals surface area contributed by atoms with Crippen molar-refractivity contribution in [2.75, 3.05) is 7.05 Å². The molecule has 1 aromatic heterocycles. The van der Waals surface area contributed by atoms with Gasteiger partial charge >= 0.3 is 0 Å². The van der Waals surface area contributed by atoms with Gasteiger partial charge in [-0.1, -0.05) is 25.3 Å². The van der Waals surface area contributed by atoms with Crippen molar-refractivity contribution in [3.05, 3.63) is 22.4 Å². The van der Waals surface area contributed by atoms with Gasteiger partial charge in [-0.2, -0.15) is 0 Å². The predicted octanol–water partition coefficient (Wildman–Crippen LogP) is 3.13. The van der Waals surface area contributed by atoms with E-state index in [2.05, 4.69) is 29.9 Å². The fourth-order valence-electron chi connectivity index (χ4n) is 2.33. The summed E-state index contributed by atoms with van der Waals surface area (Å²) >= 11 is 1.89. The summed E-state index contributed by atoms with van der Waals surface area (Å²) in [6.45, 7) is 0. The number of nitrogens with one attached hydrogen (secondary N) is 1. The molecule has 13 heavy (non-hydrogen) atoms. The van der Waals surface area contributed by atoms with Gasteiger partial charge in [0.15, 0.2) is 0 Å². The zero-order valence-electron chi connectivity index (χ0n) is 8.18. The fraction of sp³-hybridized carbons (Fsp3) is 0.636. The highest BCUT2D eigenvalue weighted by Crippen LogP contribution is 2.38. The van der Waals surface area contributed by atoms with Gasteiger partial charge in [0.1, 0.15) is 0 Å². The second-order valence-electron chi connectivity index (χ2n) is 3.87. The Morgan fingerprint density at radius 2 is 2.08 bits per heavy atom. The summed E-state index contributed by atoms with van der Waals surface area (Å²) in [5, 5.41) is 5.71. The summed E-state index contributed by atoms with van der Waals surface area (Å²) in [5.41, 5.74) is 0.312. The van der Waals surface area contributed by atoms with Crippen LogP contribution in [0.2, 0.25) is 0 Å². The monoisotopic (exact) mass is 195 g/mol. The molecule has 1 saturated carbocycles. The summed E-state index contributed by atoms with van der Waals surface area (Å²) in [6, 6.07) is 4.43. The van der Waals surface area contributed by atoms with E-state index < -0.39 is 0 Å². The first-order valence-corrected chi connectivity index (χ1v) is 5.98. The lowest BCUT2D eigenvalue weighted by atomic mass is 9.81. The molecule has 1 aromatic rings. The number of rotatable bonds is 2. The average Bonchev–Trinajstić information content (AvgIpc) is 2.72. The third-order valence-electron chi connectivity index (χ3n) is 3.18. The van der Waals surface area contributed by atoms with Crippen molar-refractivity contribution >= 4 is 11.3 Å². The van der Waals surface area contributed by atoms with E-state index >= 15 is 0 Å². The van der Waals surface area contributed by atoms with Crippen molar-refractivity contribution in [3.8, 4) is 0 Å². The van der Waals surface area contributed by atoms with Crippen molar-refractivity contribution in [2.45, 2.75) is 37.6 Å². The highest BCUT2D eigenvalue weighted by molar-refractivity contribution is 7.10. The Morgan fingerprint density at radius 3 is 2.62 bits per heavy atom. The van der Waals surface area contributed by atoms with Crippen LogP contribution in [0, 0.1) is 0 Å². The van der Waals surface area contributed by atoms with Gasteiger partial charge in [-0.25, -0.2) is 0 Å². The molecule has 0 aliphatic heterocycles. The number of hydrogen-bond acceptors (Lipinski definition) is 2. The summed E-state index contributed by atoms with van der Waals surface area (Å²) in [6.07, 6.45) is 6.78. The molecule has 0 aromatic carbocycles. The van der Waals surface area contributed by atoms with Crippen molar-refractivity contribution < 1.29 is 0 Å². The molecule has 0 radical (unpaired) electrons. The van der Waals surface area contributed by atoms with Gasteiger partial charge in [0.05, 0.1) is 5.54 Å². The van der Waals surface area contributed by atoms with Crippen LogP contribution in [0.25, 0.3) is 0 Å². The van der Waals surface area contributed by atoms with Crippen molar-refractivity contribution in [2.24, 2.45) is 0 Å². The molecule has 2 heteroatoms. The normalized spacial score (nSPS) is 21.6. The van der Waals surface area contributed by atoms with Crippen LogP contribution in [-0.2, 0) is 5.54 Å². The Morgan fingerprint density at radius 1 is 1.31 bits per heavy atom. The highest BCUT2D eigenvalue weighted by Gasteiger charge is 2.32. The van der Waals surface area contributed by atoms with E-state index in [9.17, 15) is 0 Å². The molecule has 0 saturated heterocycles. The van der Waals surface area contributed by atoms with Crippen LogP contribution >= 0.6 is 11.3 Å². The lowest BCUT2D eigenvalue weighted by Gasteiger charge is -2.36. The van der Waals surface area contributed by atoms with Gasteiger partial charge < -0.3 is 5.32 Å². The largest absolute Gasteiger partial charge is 0.310 e. The minimum atomic E-state index is 0.312. The smallest absolute Gasteiger partial charge is 0.0526 e. The van der Waals surface area contributed by atoms with E-state index in [0.29, 0.717) is 5.54 Å². The Kier molecular flexibility index (Phi) is 2.70. The molecule has 1 nitrogen and oxygen atoms in total. The molecule has 2 rings (SSSR count). The van der Waals surface area contributed by atoms with Gasteiger partial charge in [0.2, 0.25) is 0 Å². The van der Waals surface area contributed by atoms with Gasteiger partial charge in [-0.3, -0.25) is 0 Å². The van der Waals surface area contributed by atoms with Crippen LogP contribution < -0.4 is 5.32 Å². The van der Waals surface area contributed by atoms with Gasteiger partial charge in [0.25, 0.3) is 0 Å². The Labute approximate surface area is 84.2 Å². The van der Waals surface area contributed by atoms with E-state index in [-0.39, 0.29) is 0 Å². The van der Waals surface area contributed by atoms with E-state index in [0.717, 1.165) is 0 Å². The molecule has 1 aliphatic rings. The van der Waals surface area contributed by atoms with Crippen LogP contribution in [-0.4, -0.2) is 7.05 Å². The summed E-state index contributed by atoms with van der Waals surface area (Å²) < 4.78 is 0. The van der Waals surface area contributed by atoms with Crippen LogP contribution in [0.15, 0.2) is 17.5 Å². The number of hydrogen-bond donors (Lipinski definition) is 1. The first-order chi connectivity index (χ1) is 6.37. The molecular formula is C11H17NS. The molecule has 1 fully saturated rings. The zero-order valence-corrected chi connectivity index (χ0v) is 8.99. The minimum Gasteiger partial charge on any atom is -0.310 e. The first kappa shape index (κ1) is 9.22. The second-order valence-corrected chi connectivity index (χ2v) is 4.82. The summed E-state index contributed by atoms with van der Waals surface area (Å²) in [7, 11) is 2.10. The van der Waals surface area contributed by atoms with Crippen LogP contribution in [0.5, 0.6) is 0 Å². The van der Waals surface area contributed by atoms with Crippen molar-refractivity contribution in [1.82, 2.24) is 5.32 Å². The molecule has 0 spiro atoms. The molecule has 0 unspecified atom stereocenters. The van der Waals surface area contributed by atoms with Gasteiger partial charge in [-0.05, 0) is 31.3 Å². The lowest BCUT2D eigenvalue weighted by molar-refractivity contribution is 0.255. The first-order valence-electron chi connectivity index (χ1n) is 5.10. The van der Waals surface area contributed by atoms with Crippen molar-refractivity contribution in [1.29, 1.82) is 0 Å². The van der Waals surface area contributed by atoms with E-state index in [1.807, 2.05) is 11.3 Å².